The Balaban J connectivity index is 1.31. The summed E-state index contributed by atoms with van der Waals surface area (Å²) in [6.45, 7) is 0. The Labute approximate surface area is 233 Å². The van der Waals surface area contributed by atoms with E-state index in [1.54, 1.807) is 0 Å². The van der Waals surface area contributed by atoms with Gasteiger partial charge in [0.25, 0.3) is 0 Å². The van der Waals surface area contributed by atoms with Crippen LogP contribution in [0.2, 0.25) is 0 Å². The molecule has 3 nitrogen and oxygen atoms in total. The van der Waals surface area contributed by atoms with Crippen LogP contribution in [0.1, 0.15) is 0 Å². The molecule has 0 N–H and O–H groups in total. The number of anilines is 3. The lowest BCUT2D eigenvalue weighted by Crippen LogP contribution is -2.09. The number of hydrogen-bond donors (Lipinski definition) is 0. The fourth-order valence-electron chi connectivity index (χ4n) is 5.15. The Morgan fingerprint density at radius 3 is 1.70 bits per heavy atom. The summed E-state index contributed by atoms with van der Waals surface area (Å²) < 4.78 is 6.34. The molecule has 0 bridgehead atoms. The zero-order chi connectivity index (χ0) is 26.7. The second-order valence-electron chi connectivity index (χ2n) is 9.67. The number of nitrogens with zero attached hydrogens (tertiary/aromatic N) is 2. The lowest BCUT2D eigenvalue weighted by molar-refractivity contribution is 0.621. The van der Waals surface area contributed by atoms with Gasteiger partial charge in [0, 0.05) is 28.2 Å². The summed E-state index contributed by atoms with van der Waals surface area (Å²) in [5.74, 6) is 0.628. The van der Waals surface area contributed by atoms with Gasteiger partial charge in [-0.3, -0.25) is 0 Å². The van der Waals surface area contributed by atoms with Gasteiger partial charge in [-0.1, -0.05) is 103 Å². The largest absolute Gasteiger partial charge is 0.435 e. The second-order valence-corrected chi connectivity index (χ2v) is 9.67. The predicted octanol–water partition coefficient (Wildman–Crippen LogP) is 10.3. The van der Waals surface area contributed by atoms with E-state index in [1.165, 1.54) is 11.1 Å². The lowest BCUT2D eigenvalue weighted by atomic mass is 10.0. The summed E-state index contributed by atoms with van der Waals surface area (Å²) >= 11 is 0. The third-order valence-electron chi connectivity index (χ3n) is 7.10. The quantitative estimate of drug-likeness (QED) is 0.221. The van der Waals surface area contributed by atoms with Crippen molar-refractivity contribution in [3.63, 3.8) is 0 Å². The number of hydrogen-bond acceptors (Lipinski definition) is 3. The Morgan fingerprint density at radius 2 is 0.975 bits per heavy atom. The molecule has 0 radical (unpaired) electrons. The number of fused-ring (bicyclic) bond motifs is 1. The molecule has 0 atom stereocenters. The Morgan fingerprint density at radius 1 is 0.425 bits per heavy atom. The van der Waals surface area contributed by atoms with Crippen LogP contribution < -0.4 is 4.90 Å². The van der Waals surface area contributed by atoms with Gasteiger partial charge in [-0.15, -0.1) is 0 Å². The number of rotatable bonds is 6. The van der Waals surface area contributed by atoms with Crippen molar-refractivity contribution in [1.82, 2.24) is 4.98 Å². The first kappa shape index (κ1) is 23.7. The van der Waals surface area contributed by atoms with Gasteiger partial charge >= 0.3 is 0 Å². The van der Waals surface area contributed by atoms with Crippen LogP contribution in [0, 0.1) is 0 Å². The molecule has 0 saturated carbocycles. The highest BCUT2D eigenvalue weighted by molar-refractivity contribution is 5.93. The van der Waals surface area contributed by atoms with E-state index in [1.807, 2.05) is 54.6 Å². The second kappa shape index (κ2) is 10.4. The zero-order valence-corrected chi connectivity index (χ0v) is 21.8. The molecule has 0 spiro atoms. The number of aromatic nitrogens is 1. The van der Waals surface area contributed by atoms with E-state index in [2.05, 4.69) is 108 Å². The van der Waals surface area contributed by atoms with Crippen molar-refractivity contribution in [2.45, 2.75) is 0 Å². The van der Waals surface area contributed by atoms with Gasteiger partial charge in [0.15, 0.2) is 5.58 Å². The van der Waals surface area contributed by atoms with Crippen LogP contribution in [0.4, 0.5) is 17.1 Å². The van der Waals surface area contributed by atoms with Crippen LogP contribution in [0.3, 0.4) is 0 Å². The summed E-state index contributed by atoms with van der Waals surface area (Å²) in [5.41, 5.74) is 10.3. The van der Waals surface area contributed by atoms with E-state index in [9.17, 15) is 0 Å². The maximum absolute atomic E-state index is 6.34. The van der Waals surface area contributed by atoms with E-state index >= 15 is 0 Å². The van der Waals surface area contributed by atoms with E-state index in [4.69, 9.17) is 9.40 Å². The normalized spacial score (nSPS) is 11.0. The third kappa shape index (κ3) is 4.55. The zero-order valence-electron chi connectivity index (χ0n) is 21.8. The topological polar surface area (TPSA) is 29.3 Å². The van der Waals surface area contributed by atoms with Crippen molar-refractivity contribution >= 4 is 28.2 Å². The number of benzene rings is 6. The molecule has 6 aromatic carbocycles. The molecule has 7 aromatic rings. The number of para-hydroxylation sites is 2. The lowest BCUT2D eigenvalue weighted by Gasteiger charge is -2.26. The maximum Gasteiger partial charge on any atom is 0.227 e. The van der Waals surface area contributed by atoms with Crippen molar-refractivity contribution in [2.24, 2.45) is 0 Å². The summed E-state index contributed by atoms with van der Waals surface area (Å²) in [7, 11) is 0. The van der Waals surface area contributed by atoms with Crippen molar-refractivity contribution in [3.8, 4) is 33.7 Å². The minimum Gasteiger partial charge on any atom is -0.435 e. The molecule has 7 rings (SSSR count). The molecule has 1 aromatic heterocycles. The van der Waals surface area contributed by atoms with E-state index in [0.29, 0.717) is 5.89 Å². The van der Waals surface area contributed by atoms with Crippen molar-refractivity contribution in [3.05, 3.63) is 158 Å². The molecular weight excluding hydrogens is 488 g/mol. The smallest absolute Gasteiger partial charge is 0.227 e. The fourth-order valence-corrected chi connectivity index (χ4v) is 5.15. The fraction of sp³-hybridized carbons (Fsp3) is 0. The van der Waals surface area contributed by atoms with Crippen LogP contribution >= 0.6 is 0 Å². The van der Waals surface area contributed by atoms with Crippen molar-refractivity contribution in [2.75, 3.05) is 4.90 Å². The average Bonchev–Trinajstić information content (AvgIpc) is 3.48. The Kier molecular flexibility index (Phi) is 6.15. The van der Waals surface area contributed by atoms with E-state index < -0.39 is 0 Å². The molecule has 1 heterocycles. The number of oxazole rings is 1. The van der Waals surface area contributed by atoms with E-state index in [-0.39, 0.29) is 0 Å². The highest BCUT2D eigenvalue weighted by atomic mass is 16.3. The molecule has 0 aliphatic rings. The minimum atomic E-state index is 0.628. The molecule has 40 heavy (non-hydrogen) atoms. The summed E-state index contributed by atoms with van der Waals surface area (Å²) in [5, 5.41) is 0. The van der Waals surface area contributed by atoms with Gasteiger partial charge in [0.2, 0.25) is 5.89 Å². The summed E-state index contributed by atoms with van der Waals surface area (Å²) in [6, 6.07) is 54.5. The SMILES string of the molecule is c1ccc(-c2ccc(N(c3ccccc3)c3cccc(-c4cccc5nc(-c6ccccc6)oc45)c3)cc2)cc1. The first-order chi connectivity index (χ1) is 19.8. The molecule has 0 aliphatic heterocycles. The molecule has 0 aliphatic carbocycles. The van der Waals surface area contributed by atoms with Gasteiger partial charge in [-0.05, 0) is 71.3 Å². The molecular formula is C37H26N2O. The van der Waals surface area contributed by atoms with Crippen LogP contribution in [0.5, 0.6) is 0 Å². The van der Waals surface area contributed by atoms with Gasteiger partial charge in [-0.25, -0.2) is 4.98 Å². The Hall–Kier alpha value is -5.41. The van der Waals surface area contributed by atoms with Gasteiger partial charge in [0.1, 0.15) is 5.52 Å². The van der Waals surface area contributed by atoms with Crippen molar-refractivity contribution in [1.29, 1.82) is 0 Å². The molecule has 190 valence electrons. The molecule has 0 fully saturated rings. The van der Waals surface area contributed by atoms with Gasteiger partial charge < -0.3 is 9.32 Å². The standard InChI is InChI=1S/C37H26N2O/c1-4-12-27(13-5-1)28-22-24-32(25-23-28)39(31-17-8-3-9-18-31)33-19-10-16-30(26-33)34-20-11-21-35-36(34)40-37(38-35)29-14-6-2-7-15-29/h1-26H. The average molecular weight is 515 g/mol. The maximum atomic E-state index is 6.34. The van der Waals surface area contributed by atoms with Gasteiger partial charge in [-0.2, -0.15) is 0 Å². The highest BCUT2D eigenvalue weighted by Gasteiger charge is 2.16. The Bertz CT molecular complexity index is 1880. The molecule has 0 unspecified atom stereocenters. The first-order valence-corrected chi connectivity index (χ1v) is 13.4. The summed E-state index contributed by atoms with van der Waals surface area (Å²) in [6.07, 6.45) is 0. The monoisotopic (exact) mass is 514 g/mol. The molecule has 0 saturated heterocycles. The van der Waals surface area contributed by atoms with Crippen LogP contribution in [-0.2, 0) is 0 Å². The van der Waals surface area contributed by atoms with Crippen LogP contribution in [0.25, 0.3) is 44.8 Å². The molecule has 3 heteroatoms. The predicted molar refractivity (Wildman–Crippen MR) is 165 cm³/mol. The third-order valence-corrected chi connectivity index (χ3v) is 7.10. The van der Waals surface area contributed by atoms with Crippen LogP contribution in [0.15, 0.2) is 162 Å². The van der Waals surface area contributed by atoms with E-state index in [0.717, 1.165) is 44.9 Å². The summed E-state index contributed by atoms with van der Waals surface area (Å²) in [4.78, 5) is 7.06. The van der Waals surface area contributed by atoms with Crippen LogP contribution in [-0.4, -0.2) is 4.98 Å². The first-order valence-electron chi connectivity index (χ1n) is 13.4. The highest BCUT2D eigenvalue weighted by Crippen LogP contribution is 2.39. The van der Waals surface area contributed by atoms with Crippen molar-refractivity contribution < 1.29 is 4.42 Å². The minimum absolute atomic E-state index is 0.628. The van der Waals surface area contributed by atoms with Gasteiger partial charge in [0.05, 0.1) is 0 Å². The molecule has 0 amide bonds.